The SMILES string of the molecule is CCOCCn1c(C(C)NC(=O)Cc2ccc(OC)cc2)nc2ccccc21. The number of rotatable bonds is 9. The maximum absolute atomic E-state index is 12.5. The predicted molar refractivity (Wildman–Crippen MR) is 109 cm³/mol. The van der Waals surface area contributed by atoms with Gasteiger partial charge in [-0.25, -0.2) is 4.98 Å². The Morgan fingerprint density at radius 3 is 2.64 bits per heavy atom. The molecule has 148 valence electrons. The Morgan fingerprint density at radius 2 is 1.93 bits per heavy atom. The van der Waals surface area contributed by atoms with Gasteiger partial charge in [-0.05, 0) is 43.7 Å². The van der Waals surface area contributed by atoms with Crippen molar-refractivity contribution in [2.24, 2.45) is 0 Å². The highest BCUT2D eigenvalue weighted by Gasteiger charge is 2.18. The van der Waals surface area contributed by atoms with Crippen molar-refractivity contribution in [3.63, 3.8) is 0 Å². The molecule has 6 nitrogen and oxygen atoms in total. The number of hydrogen-bond donors (Lipinski definition) is 1. The van der Waals surface area contributed by atoms with E-state index in [0.29, 0.717) is 26.2 Å². The Morgan fingerprint density at radius 1 is 1.18 bits per heavy atom. The number of amides is 1. The molecule has 0 spiro atoms. The molecular weight excluding hydrogens is 354 g/mol. The molecule has 1 N–H and O–H groups in total. The lowest BCUT2D eigenvalue weighted by Gasteiger charge is -2.16. The van der Waals surface area contributed by atoms with Crippen molar-refractivity contribution in [3.8, 4) is 5.75 Å². The number of benzene rings is 2. The maximum Gasteiger partial charge on any atom is 0.224 e. The van der Waals surface area contributed by atoms with Gasteiger partial charge < -0.3 is 19.4 Å². The van der Waals surface area contributed by atoms with Crippen LogP contribution in [-0.4, -0.2) is 35.8 Å². The number of para-hydroxylation sites is 2. The molecule has 6 heteroatoms. The van der Waals surface area contributed by atoms with Crippen molar-refractivity contribution in [1.82, 2.24) is 14.9 Å². The molecule has 1 amide bonds. The Balaban J connectivity index is 1.73. The topological polar surface area (TPSA) is 65.4 Å². The van der Waals surface area contributed by atoms with Crippen molar-refractivity contribution in [3.05, 3.63) is 59.9 Å². The fourth-order valence-corrected chi connectivity index (χ4v) is 3.25. The summed E-state index contributed by atoms with van der Waals surface area (Å²) in [6, 6.07) is 15.3. The fourth-order valence-electron chi connectivity index (χ4n) is 3.25. The van der Waals surface area contributed by atoms with E-state index in [1.165, 1.54) is 0 Å². The summed E-state index contributed by atoms with van der Waals surface area (Å²) in [6.45, 7) is 5.92. The molecule has 3 rings (SSSR count). The van der Waals surface area contributed by atoms with Gasteiger partial charge in [0.2, 0.25) is 5.91 Å². The minimum absolute atomic E-state index is 0.0407. The first kappa shape index (κ1) is 19.9. The van der Waals surface area contributed by atoms with Crippen LogP contribution in [0, 0.1) is 0 Å². The zero-order chi connectivity index (χ0) is 19.9. The molecule has 0 aliphatic carbocycles. The van der Waals surface area contributed by atoms with E-state index in [1.54, 1.807) is 7.11 Å². The summed E-state index contributed by atoms with van der Waals surface area (Å²) in [7, 11) is 1.63. The second kappa shape index (κ2) is 9.37. The minimum Gasteiger partial charge on any atom is -0.497 e. The van der Waals surface area contributed by atoms with Crippen LogP contribution in [0.3, 0.4) is 0 Å². The van der Waals surface area contributed by atoms with E-state index in [2.05, 4.69) is 9.88 Å². The van der Waals surface area contributed by atoms with E-state index >= 15 is 0 Å². The van der Waals surface area contributed by atoms with Gasteiger partial charge in [0.1, 0.15) is 11.6 Å². The van der Waals surface area contributed by atoms with Gasteiger partial charge in [0.15, 0.2) is 0 Å². The zero-order valence-electron chi connectivity index (χ0n) is 16.6. The van der Waals surface area contributed by atoms with Crippen LogP contribution in [0.5, 0.6) is 5.75 Å². The highest BCUT2D eigenvalue weighted by molar-refractivity contribution is 5.79. The van der Waals surface area contributed by atoms with Crippen LogP contribution in [-0.2, 0) is 22.5 Å². The summed E-state index contributed by atoms with van der Waals surface area (Å²) in [4.78, 5) is 17.3. The van der Waals surface area contributed by atoms with Crippen molar-refractivity contribution in [2.45, 2.75) is 32.9 Å². The number of nitrogens with zero attached hydrogens (tertiary/aromatic N) is 2. The van der Waals surface area contributed by atoms with Crippen LogP contribution in [0.25, 0.3) is 11.0 Å². The minimum atomic E-state index is -0.209. The lowest BCUT2D eigenvalue weighted by molar-refractivity contribution is -0.121. The largest absolute Gasteiger partial charge is 0.497 e. The molecule has 1 heterocycles. The van der Waals surface area contributed by atoms with E-state index in [4.69, 9.17) is 14.5 Å². The standard InChI is InChI=1S/C22H27N3O3/c1-4-28-14-13-25-20-8-6-5-7-19(20)24-22(25)16(2)23-21(26)15-17-9-11-18(27-3)12-10-17/h5-12,16H,4,13-15H2,1-3H3,(H,23,26). The molecule has 3 aromatic rings. The normalized spacial score (nSPS) is 12.1. The van der Waals surface area contributed by atoms with Crippen molar-refractivity contribution >= 4 is 16.9 Å². The van der Waals surface area contributed by atoms with Crippen LogP contribution < -0.4 is 10.1 Å². The molecule has 1 atom stereocenters. The number of fused-ring (bicyclic) bond motifs is 1. The summed E-state index contributed by atoms with van der Waals surface area (Å²) < 4.78 is 12.8. The Labute approximate surface area is 165 Å². The summed E-state index contributed by atoms with van der Waals surface area (Å²) >= 11 is 0. The molecule has 0 saturated heterocycles. The molecule has 28 heavy (non-hydrogen) atoms. The predicted octanol–water partition coefficient (Wildman–Crippen LogP) is 3.50. The van der Waals surface area contributed by atoms with Gasteiger partial charge in [0, 0.05) is 13.2 Å². The Bertz CT molecular complexity index is 918. The quantitative estimate of drug-likeness (QED) is 0.576. The number of imidazole rings is 1. The number of carbonyl (C=O) groups is 1. The number of aromatic nitrogens is 2. The van der Waals surface area contributed by atoms with E-state index in [-0.39, 0.29) is 11.9 Å². The van der Waals surface area contributed by atoms with Crippen LogP contribution in [0.4, 0.5) is 0 Å². The van der Waals surface area contributed by atoms with Crippen molar-refractivity contribution in [2.75, 3.05) is 20.3 Å². The van der Waals surface area contributed by atoms with Crippen LogP contribution in [0.15, 0.2) is 48.5 Å². The monoisotopic (exact) mass is 381 g/mol. The second-order valence-electron chi connectivity index (χ2n) is 6.62. The highest BCUT2D eigenvalue weighted by atomic mass is 16.5. The maximum atomic E-state index is 12.5. The summed E-state index contributed by atoms with van der Waals surface area (Å²) in [5.41, 5.74) is 2.91. The third-order valence-electron chi connectivity index (χ3n) is 4.64. The van der Waals surface area contributed by atoms with E-state index < -0.39 is 0 Å². The molecule has 1 aromatic heterocycles. The Hall–Kier alpha value is -2.86. The lowest BCUT2D eigenvalue weighted by atomic mass is 10.1. The lowest BCUT2D eigenvalue weighted by Crippen LogP contribution is -2.30. The number of hydrogen-bond acceptors (Lipinski definition) is 4. The summed E-state index contributed by atoms with van der Waals surface area (Å²) in [5.74, 6) is 1.57. The highest BCUT2D eigenvalue weighted by Crippen LogP contribution is 2.21. The summed E-state index contributed by atoms with van der Waals surface area (Å²) in [5, 5.41) is 3.07. The number of carbonyl (C=O) groups excluding carboxylic acids is 1. The average molecular weight is 381 g/mol. The first-order chi connectivity index (χ1) is 13.6. The third kappa shape index (κ3) is 4.70. The van der Waals surface area contributed by atoms with Crippen LogP contribution >= 0.6 is 0 Å². The molecule has 0 bridgehead atoms. The average Bonchev–Trinajstić information content (AvgIpc) is 3.07. The molecule has 0 radical (unpaired) electrons. The van der Waals surface area contributed by atoms with E-state index in [0.717, 1.165) is 28.2 Å². The van der Waals surface area contributed by atoms with E-state index in [9.17, 15) is 4.79 Å². The van der Waals surface area contributed by atoms with Crippen molar-refractivity contribution in [1.29, 1.82) is 0 Å². The van der Waals surface area contributed by atoms with Crippen LogP contribution in [0.1, 0.15) is 31.3 Å². The molecule has 0 fully saturated rings. The number of nitrogens with one attached hydrogen (secondary N) is 1. The molecule has 2 aromatic carbocycles. The molecule has 0 aliphatic rings. The zero-order valence-corrected chi connectivity index (χ0v) is 16.6. The van der Waals surface area contributed by atoms with Gasteiger partial charge in [0.25, 0.3) is 0 Å². The molecular formula is C22H27N3O3. The molecule has 0 aliphatic heterocycles. The van der Waals surface area contributed by atoms with Gasteiger partial charge in [0.05, 0.1) is 37.2 Å². The van der Waals surface area contributed by atoms with E-state index in [1.807, 2.05) is 62.4 Å². The third-order valence-corrected chi connectivity index (χ3v) is 4.64. The van der Waals surface area contributed by atoms with Gasteiger partial charge >= 0.3 is 0 Å². The molecule has 0 saturated carbocycles. The van der Waals surface area contributed by atoms with Gasteiger partial charge in [-0.1, -0.05) is 24.3 Å². The van der Waals surface area contributed by atoms with Gasteiger partial charge in [-0.15, -0.1) is 0 Å². The number of ether oxygens (including phenoxy) is 2. The van der Waals surface area contributed by atoms with Gasteiger partial charge in [-0.2, -0.15) is 0 Å². The first-order valence-electron chi connectivity index (χ1n) is 9.57. The smallest absolute Gasteiger partial charge is 0.224 e. The summed E-state index contributed by atoms with van der Waals surface area (Å²) in [6.07, 6.45) is 0.313. The second-order valence-corrected chi connectivity index (χ2v) is 6.62. The first-order valence-corrected chi connectivity index (χ1v) is 9.57. The van der Waals surface area contributed by atoms with Crippen LogP contribution in [0.2, 0.25) is 0 Å². The molecule has 1 unspecified atom stereocenters. The Kier molecular flexibility index (Phi) is 6.66. The van der Waals surface area contributed by atoms with Crippen molar-refractivity contribution < 1.29 is 14.3 Å². The fraction of sp³-hybridized carbons (Fsp3) is 0.364. The van der Waals surface area contributed by atoms with Gasteiger partial charge in [-0.3, -0.25) is 4.79 Å². The number of methoxy groups -OCH3 is 1.